The maximum Gasteiger partial charge on any atom is 0.306 e. The summed E-state index contributed by atoms with van der Waals surface area (Å²) < 4.78 is 33.6. The van der Waals surface area contributed by atoms with E-state index in [0.717, 1.165) is 44.9 Å². The van der Waals surface area contributed by atoms with Crippen LogP contribution in [0.5, 0.6) is 0 Å². The number of esters is 2. The highest BCUT2D eigenvalue weighted by atomic mass is 16.7. The lowest BCUT2D eigenvalue weighted by Crippen LogP contribution is -2.61. The summed E-state index contributed by atoms with van der Waals surface area (Å²) in [7, 11) is 0. The number of aliphatic hydroxyl groups excluding tert-OH is 7. The van der Waals surface area contributed by atoms with E-state index in [4.69, 9.17) is 28.4 Å². The zero-order chi connectivity index (χ0) is 47.5. The van der Waals surface area contributed by atoms with Crippen LogP contribution in [0, 0.1) is 0 Å². The second-order valence-electron chi connectivity index (χ2n) is 18.4. The summed E-state index contributed by atoms with van der Waals surface area (Å²) in [6.07, 6.45) is 19.5. The van der Waals surface area contributed by atoms with Crippen LogP contribution in [0.3, 0.4) is 0 Å². The van der Waals surface area contributed by atoms with E-state index in [9.17, 15) is 45.3 Å². The van der Waals surface area contributed by atoms with Crippen LogP contribution in [-0.4, -0.2) is 142 Å². The molecule has 0 aromatic heterocycles. The molecule has 0 amide bonds. The van der Waals surface area contributed by atoms with Crippen LogP contribution in [0.4, 0.5) is 0 Å². The minimum absolute atomic E-state index is 0.170. The molecule has 0 aromatic carbocycles. The van der Waals surface area contributed by atoms with Gasteiger partial charge in [0.25, 0.3) is 0 Å². The Labute approximate surface area is 390 Å². The third-order valence-corrected chi connectivity index (χ3v) is 12.5. The van der Waals surface area contributed by atoms with Crippen LogP contribution in [0.2, 0.25) is 0 Å². The van der Waals surface area contributed by atoms with Gasteiger partial charge in [-0.25, -0.2) is 0 Å². The van der Waals surface area contributed by atoms with E-state index in [1.165, 1.54) is 116 Å². The van der Waals surface area contributed by atoms with Crippen LogP contribution in [0.1, 0.15) is 200 Å². The molecule has 0 aliphatic carbocycles. The molecular formula is C50H92O15. The van der Waals surface area contributed by atoms with Gasteiger partial charge < -0.3 is 64.2 Å². The van der Waals surface area contributed by atoms with Crippen molar-refractivity contribution >= 4 is 11.9 Å². The van der Waals surface area contributed by atoms with E-state index >= 15 is 0 Å². The first-order chi connectivity index (χ1) is 31.5. The predicted octanol–water partition coefficient (Wildman–Crippen LogP) is 6.99. The Morgan fingerprint density at radius 3 is 1.37 bits per heavy atom. The van der Waals surface area contributed by atoms with E-state index in [0.29, 0.717) is 12.8 Å². The maximum atomic E-state index is 13.0. The Hall–Kier alpha value is -1.76. The lowest BCUT2D eigenvalue weighted by atomic mass is 9.98. The lowest BCUT2D eigenvalue weighted by Gasteiger charge is -2.42. The predicted molar refractivity (Wildman–Crippen MR) is 248 cm³/mol. The molecule has 0 bridgehead atoms. The van der Waals surface area contributed by atoms with Gasteiger partial charge in [-0.3, -0.25) is 9.59 Å². The topological polar surface area (TPSA) is 231 Å². The molecule has 0 spiro atoms. The number of carbonyl (C=O) groups is 2. The highest BCUT2D eigenvalue weighted by molar-refractivity contribution is 5.70. The fourth-order valence-electron chi connectivity index (χ4n) is 8.21. The minimum Gasteiger partial charge on any atom is -0.462 e. The van der Waals surface area contributed by atoms with Gasteiger partial charge in [0.15, 0.2) is 18.7 Å². The summed E-state index contributed by atoms with van der Waals surface area (Å²) in [4.78, 5) is 25.7. The Morgan fingerprint density at radius 2 is 0.877 bits per heavy atom. The van der Waals surface area contributed by atoms with Crippen molar-refractivity contribution in [2.45, 2.75) is 268 Å². The number of hydrogen-bond acceptors (Lipinski definition) is 15. The maximum absolute atomic E-state index is 13.0. The SMILES string of the molecule is CCCCCC/C=C/CCCCCCCCCC(=O)OC[C@H](CO[C@@H]1O[C@H](CO[C@@H]2O[C@H](CO)[C@H](O)C(O)C2O)[C@H](O)C(O)C1O)OC(=O)CCCCCCCCCCCCCCCC. The molecule has 2 saturated heterocycles. The van der Waals surface area contributed by atoms with E-state index in [1.807, 2.05) is 0 Å². The van der Waals surface area contributed by atoms with Crippen LogP contribution in [0.25, 0.3) is 0 Å². The number of hydrogen-bond donors (Lipinski definition) is 7. The van der Waals surface area contributed by atoms with Crippen molar-refractivity contribution in [1.29, 1.82) is 0 Å². The van der Waals surface area contributed by atoms with Crippen LogP contribution >= 0.6 is 0 Å². The number of allylic oxidation sites excluding steroid dienone is 2. The molecule has 11 atom stereocenters. The number of ether oxygens (including phenoxy) is 6. The van der Waals surface area contributed by atoms with Crippen LogP contribution in [-0.2, 0) is 38.0 Å². The van der Waals surface area contributed by atoms with Crippen molar-refractivity contribution in [2.24, 2.45) is 0 Å². The summed E-state index contributed by atoms with van der Waals surface area (Å²) in [6, 6.07) is 0. The molecule has 382 valence electrons. The molecule has 4 unspecified atom stereocenters. The zero-order valence-corrected chi connectivity index (χ0v) is 40.2. The number of carbonyl (C=O) groups excluding carboxylic acids is 2. The van der Waals surface area contributed by atoms with Gasteiger partial charge in [-0.05, 0) is 38.5 Å². The molecule has 2 heterocycles. The summed E-state index contributed by atoms with van der Waals surface area (Å²) in [6.45, 7) is 2.59. The van der Waals surface area contributed by atoms with Crippen molar-refractivity contribution < 1.29 is 73.8 Å². The zero-order valence-electron chi connectivity index (χ0n) is 40.2. The Bertz CT molecular complexity index is 1190. The van der Waals surface area contributed by atoms with Gasteiger partial charge >= 0.3 is 11.9 Å². The standard InChI is InChI=1S/C50H92O15/c1-3-5-7-9-11-13-15-17-19-21-22-24-26-28-30-32-41(52)60-35-38(63-42(53)33-31-29-27-25-23-20-18-16-14-12-10-8-6-4-2)36-61-49-48(59)46(57)44(55)40(65-49)37-62-50-47(58)45(56)43(54)39(34-51)64-50/h13,15,38-40,43-51,54-59H,3-12,14,16-37H2,1-2H3/b15-13+/t38-,39-,40-,43+,44+,45?,46?,47?,48?,49-,50-/m1/s1. The van der Waals surface area contributed by atoms with Gasteiger partial charge in [-0.2, -0.15) is 0 Å². The molecule has 65 heavy (non-hydrogen) atoms. The van der Waals surface area contributed by atoms with Crippen LogP contribution in [0.15, 0.2) is 12.2 Å². The molecular weight excluding hydrogens is 841 g/mol. The summed E-state index contributed by atoms with van der Waals surface area (Å²) in [5, 5.41) is 72.0. The molecule has 2 rings (SSSR count). The van der Waals surface area contributed by atoms with Gasteiger partial charge in [-0.15, -0.1) is 0 Å². The Kier molecular flexibility index (Phi) is 34.8. The van der Waals surface area contributed by atoms with Gasteiger partial charge in [-0.1, -0.05) is 161 Å². The molecule has 2 fully saturated rings. The first-order valence-corrected chi connectivity index (χ1v) is 25.8. The van der Waals surface area contributed by atoms with Gasteiger partial charge in [0.05, 0.1) is 19.8 Å². The molecule has 15 heteroatoms. The highest BCUT2D eigenvalue weighted by Crippen LogP contribution is 2.26. The molecule has 0 saturated carbocycles. The Balaban J connectivity index is 1.81. The monoisotopic (exact) mass is 933 g/mol. The average molecular weight is 933 g/mol. The van der Waals surface area contributed by atoms with E-state index < -0.39 is 92.7 Å². The molecule has 15 nitrogen and oxygen atoms in total. The first-order valence-electron chi connectivity index (χ1n) is 25.8. The van der Waals surface area contributed by atoms with Gasteiger partial charge in [0.2, 0.25) is 0 Å². The van der Waals surface area contributed by atoms with Gasteiger partial charge in [0, 0.05) is 12.8 Å². The molecule has 0 aromatic rings. The largest absolute Gasteiger partial charge is 0.462 e. The lowest BCUT2D eigenvalue weighted by molar-refractivity contribution is -0.332. The molecule has 2 aliphatic rings. The quantitative estimate of drug-likeness (QED) is 0.0187. The van der Waals surface area contributed by atoms with Crippen molar-refractivity contribution in [3.05, 3.63) is 12.2 Å². The number of unbranched alkanes of at least 4 members (excludes halogenated alkanes) is 24. The average Bonchev–Trinajstić information content (AvgIpc) is 3.30. The third kappa shape index (κ3) is 26.5. The summed E-state index contributed by atoms with van der Waals surface area (Å²) in [5.74, 6) is -0.921. The molecule has 7 N–H and O–H groups in total. The summed E-state index contributed by atoms with van der Waals surface area (Å²) >= 11 is 0. The Morgan fingerprint density at radius 1 is 0.477 bits per heavy atom. The van der Waals surface area contributed by atoms with Gasteiger partial charge in [0.1, 0.15) is 55.4 Å². The fraction of sp³-hybridized carbons (Fsp3) is 0.920. The molecule has 2 aliphatic heterocycles. The van der Waals surface area contributed by atoms with E-state index in [1.54, 1.807) is 0 Å². The van der Waals surface area contributed by atoms with Crippen molar-refractivity contribution in [3.63, 3.8) is 0 Å². The number of aliphatic hydroxyl groups is 7. The summed E-state index contributed by atoms with van der Waals surface area (Å²) in [5.41, 5.74) is 0. The molecule has 0 radical (unpaired) electrons. The second-order valence-corrected chi connectivity index (χ2v) is 18.4. The minimum atomic E-state index is -1.76. The van der Waals surface area contributed by atoms with Crippen LogP contribution < -0.4 is 0 Å². The van der Waals surface area contributed by atoms with Crippen molar-refractivity contribution in [2.75, 3.05) is 26.4 Å². The smallest absolute Gasteiger partial charge is 0.306 e. The fourth-order valence-corrected chi connectivity index (χ4v) is 8.21. The number of rotatable bonds is 40. The second kappa shape index (κ2) is 38.1. The van der Waals surface area contributed by atoms with E-state index in [2.05, 4.69) is 26.0 Å². The van der Waals surface area contributed by atoms with Crippen molar-refractivity contribution in [3.8, 4) is 0 Å². The van der Waals surface area contributed by atoms with E-state index in [-0.39, 0.29) is 26.1 Å². The third-order valence-electron chi connectivity index (χ3n) is 12.5. The normalized spacial score (nSPS) is 26.4. The first kappa shape index (κ1) is 59.4. The van der Waals surface area contributed by atoms with Crippen molar-refractivity contribution in [1.82, 2.24) is 0 Å². The highest BCUT2D eigenvalue weighted by Gasteiger charge is 2.47.